The van der Waals surface area contributed by atoms with E-state index in [4.69, 9.17) is 4.18 Å². The molecule has 6 heteroatoms. The fourth-order valence-corrected chi connectivity index (χ4v) is 2.29. The molecule has 1 aromatic rings. The topological polar surface area (TPSA) is 55.4 Å². The number of rotatable bonds is 2. The van der Waals surface area contributed by atoms with Crippen molar-refractivity contribution in [2.24, 2.45) is 0 Å². The van der Waals surface area contributed by atoms with Gasteiger partial charge in [-0.1, -0.05) is 12.1 Å². The minimum atomic E-state index is -3.51. The summed E-state index contributed by atoms with van der Waals surface area (Å²) in [5.41, 5.74) is 1.30. The monoisotopic (exact) mass is 317 g/mol. The zero-order valence-electron chi connectivity index (χ0n) is 10.7. The van der Waals surface area contributed by atoms with Crippen LogP contribution in [-0.2, 0) is 33.8 Å². The molecule has 0 saturated heterocycles. The van der Waals surface area contributed by atoms with E-state index >= 15 is 0 Å². The number of hydrogen-bond donors (Lipinski definition) is 1. The summed E-state index contributed by atoms with van der Waals surface area (Å²) in [6.07, 6.45) is 2.82. The molecule has 0 bridgehead atoms. The number of anilines is 1. The fourth-order valence-electron chi connectivity index (χ4n) is 1.83. The largest absolute Gasteiger partial charge is 0.382 e. The molecule has 0 fully saturated rings. The van der Waals surface area contributed by atoms with Gasteiger partial charge in [0, 0.05) is 30.7 Å². The van der Waals surface area contributed by atoms with Crippen molar-refractivity contribution in [3.63, 3.8) is 0 Å². The van der Waals surface area contributed by atoms with Gasteiger partial charge in [-0.05, 0) is 32.1 Å². The van der Waals surface area contributed by atoms with Gasteiger partial charge < -0.3 is 9.50 Å². The molecule has 0 unspecified atom stereocenters. The standard InChI is InChI=1S/C12H15NO3S.Zn/c1-12(2)8-11(16-17(3,14)15)9-6-4-5-7-10(9)13-12;/h4-8,13H,1-3H3;. The third kappa shape index (κ3) is 3.56. The molecular weight excluding hydrogens is 304 g/mol. The zero-order chi connectivity index (χ0) is 12.7. The Balaban J connectivity index is 0.00000162. The van der Waals surface area contributed by atoms with Crippen LogP contribution in [0.4, 0.5) is 5.69 Å². The van der Waals surface area contributed by atoms with Crippen molar-refractivity contribution in [1.29, 1.82) is 0 Å². The second-order valence-corrected chi connectivity index (χ2v) is 6.26. The third-order valence-electron chi connectivity index (χ3n) is 2.38. The summed E-state index contributed by atoms with van der Waals surface area (Å²) >= 11 is 0. The van der Waals surface area contributed by atoms with E-state index in [1.807, 2.05) is 38.1 Å². The molecular formula is C12H15NO3SZn. The Hall–Kier alpha value is -0.867. The molecule has 1 aromatic carbocycles. The Morgan fingerprint density at radius 1 is 1.22 bits per heavy atom. The van der Waals surface area contributed by atoms with Crippen LogP contribution in [0.5, 0.6) is 0 Å². The quantitative estimate of drug-likeness (QED) is 0.671. The normalized spacial score (nSPS) is 16.7. The van der Waals surface area contributed by atoms with E-state index in [-0.39, 0.29) is 25.0 Å². The zero-order valence-corrected chi connectivity index (χ0v) is 14.5. The van der Waals surface area contributed by atoms with E-state index in [2.05, 4.69) is 5.32 Å². The van der Waals surface area contributed by atoms with Crippen LogP contribution in [0, 0.1) is 0 Å². The molecule has 0 aliphatic carbocycles. The minimum Gasteiger partial charge on any atom is -0.382 e. The van der Waals surface area contributed by atoms with Crippen LogP contribution in [0.15, 0.2) is 30.3 Å². The SMILES string of the molecule is CC1(C)C=C(OS(C)(=O)=O)c2ccccc2N1.[Zn]. The van der Waals surface area contributed by atoms with E-state index in [0.29, 0.717) is 5.76 Å². The van der Waals surface area contributed by atoms with E-state index < -0.39 is 10.1 Å². The molecule has 1 N–H and O–H groups in total. The van der Waals surface area contributed by atoms with E-state index in [1.54, 1.807) is 6.08 Å². The van der Waals surface area contributed by atoms with Crippen molar-refractivity contribution in [1.82, 2.24) is 0 Å². The van der Waals surface area contributed by atoms with Crippen molar-refractivity contribution in [3.05, 3.63) is 35.9 Å². The molecule has 94 valence electrons. The molecule has 0 spiro atoms. The van der Waals surface area contributed by atoms with Crippen LogP contribution < -0.4 is 5.32 Å². The first kappa shape index (κ1) is 15.2. The number of para-hydroxylation sites is 1. The van der Waals surface area contributed by atoms with Gasteiger partial charge >= 0.3 is 10.1 Å². The smallest absolute Gasteiger partial charge is 0.306 e. The van der Waals surface area contributed by atoms with Gasteiger partial charge in [-0.2, -0.15) is 8.42 Å². The summed E-state index contributed by atoms with van der Waals surface area (Å²) in [4.78, 5) is 0. The Morgan fingerprint density at radius 3 is 2.44 bits per heavy atom. The fraction of sp³-hybridized carbons (Fsp3) is 0.333. The number of hydrogen-bond acceptors (Lipinski definition) is 4. The molecule has 1 aliphatic heterocycles. The first-order valence-corrected chi connectivity index (χ1v) is 7.08. The van der Waals surface area contributed by atoms with Crippen LogP contribution in [0.2, 0.25) is 0 Å². The molecule has 2 rings (SSSR count). The molecule has 18 heavy (non-hydrogen) atoms. The maximum absolute atomic E-state index is 11.2. The number of fused-ring (bicyclic) bond motifs is 1. The van der Waals surface area contributed by atoms with E-state index in [9.17, 15) is 8.42 Å². The Bertz CT molecular complexity index is 579. The molecule has 0 saturated carbocycles. The Kier molecular flexibility index (Phi) is 4.24. The van der Waals surface area contributed by atoms with E-state index in [1.165, 1.54) is 0 Å². The molecule has 0 radical (unpaired) electrons. The summed E-state index contributed by atoms with van der Waals surface area (Å²) in [6.45, 7) is 3.91. The first-order valence-electron chi connectivity index (χ1n) is 5.27. The van der Waals surface area contributed by atoms with Gasteiger partial charge in [-0.25, -0.2) is 0 Å². The van der Waals surface area contributed by atoms with Gasteiger partial charge in [0.2, 0.25) is 0 Å². The molecule has 1 aliphatic rings. The number of benzene rings is 1. The summed E-state index contributed by atoms with van der Waals surface area (Å²) in [6, 6.07) is 7.47. The summed E-state index contributed by atoms with van der Waals surface area (Å²) in [5.74, 6) is 0.381. The molecule has 0 amide bonds. The summed E-state index contributed by atoms with van der Waals surface area (Å²) in [7, 11) is -3.51. The predicted octanol–water partition coefficient (Wildman–Crippen LogP) is 2.21. The van der Waals surface area contributed by atoms with Crippen molar-refractivity contribution in [2.75, 3.05) is 11.6 Å². The molecule has 0 atom stereocenters. The van der Waals surface area contributed by atoms with Crippen LogP contribution in [0.3, 0.4) is 0 Å². The molecule has 0 aromatic heterocycles. The first-order chi connectivity index (χ1) is 7.77. The maximum Gasteiger partial charge on any atom is 0.306 e. The minimum absolute atomic E-state index is 0. The third-order valence-corrected chi connectivity index (χ3v) is 2.86. The molecule has 1 heterocycles. The Labute approximate surface area is 120 Å². The average Bonchev–Trinajstić information content (AvgIpc) is 2.13. The summed E-state index contributed by atoms with van der Waals surface area (Å²) in [5, 5.41) is 3.30. The van der Waals surface area contributed by atoms with Gasteiger partial charge in [0.25, 0.3) is 0 Å². The number of nitrogens with one attached hydrogen (secondary N) is 1. The second-order valence-electron chi connectivity index (χ2n) is 4.69. The van der Waals surface area contributed by atoms with Crippen LogP contribution in [-0.4, -0.2) is 20.2 Å². The van der Waals surface area contributed by atoms with Crippen LogP contribution in [0.1, 0.15) is 19.4 Å². The maximum atomic E-state index is 11.2. The summed E-state index contributed by atoms with van der Waals surface area (Å²) < 4.78 is 27.5. The van der Waals surface area contributed by atoms with Gasteiger partial charge in [0.05, 0.1) is 11.8 Å². The van der Waals surface area contributed by atoms with Gasteiger partial charge in [0.1, 0.15) is 5.76 Å². The Morgan fingerprint density at radius 2 is 1.83 bits per heavy atom. The van der Waals surface area contributed by atoms with Crippen LogP contribution in [0.25, 0.3) is 5.76 Å². The van der Waals surface area contributed by atoms with Crippen molar-refractivity contribution in [3.8, 4) is 0 Å². The van der Waals surface area contributed by atoms with Crippen molar-refractivity contribution >= 4 is 21.6 Å². The van der Waals surface area contributed by atoms with Gasteiger partial charge in [-0.3, -0.25) is 0 Å². The van der Waals surface area contributed by atoms with Gasteiger partial charge in [-0.15, -0.1) is 0 Å². The average molecular weight is 319 g/mol. The molecule has 4 nitrogen and oxygen atoms in total. The van der Waals surface area contributed by atoms with Crippen molar-refractivity contribution in [2.45, 2.75) is 19.4 Å². The van der Waals surface area contributed by atoms with Gasteiger partial charge in [0.15, 0.2) is 0 Å². The van der Waals surface area contributed by atoms with E-state index in [0.717, 1.165) is 17.5 Å². The second kappa shape index (κ2) is 5.02. The predicted molar refractivity (Wildman–Crippen MR) is 68.0 cm³/mol. The van der Waals surface area contributed by atoms with Crippen LogP contribution >= 0.6 is 0 Å². The van der Waals surface area contributed by atoms with Crippen molar-refractivity contribution < 1.29 is 32.1 Å².